The van der Waals surface area contributed by atoms with E-state index in [9.17, 15) is 14.7 Å². The van der Waals surface area contributed by atoms with Crippen LogP contribution in [0.25, 0.3) is 11.3 Å². The fourth-order valence-electron chi connectivity index (χ4n) is 4.05. The van der Waals surface area contributed by atoms with Gasteiger partial charge in [-0.25, -0.2) is 4.79 Å². The van der Waals surface area contributed by atoms with E-state index >= 15 is 0 Å². The molecule has 4 rings (SSSR count). The van der Waals surface area contributed by atoms with Crippen molar-refractivity contribution in [1.82, 2.24) is 10.1 Å². The quantitative estimate of drug-likeness (QED) is 0.894. The number of carbonyl (C=O) groups excluding carboxylic acids is 1. The van der Waals surface area contributed by atoms with Gasteiger partial charge in [0.1, 0.15) is 0 Å². The molecule has 130 valence electrons. The van der Waals surface area contributed by atoms with Crippen LogP contribution in [0.4, 0.5) is 10.6 Å². The van der Waals surface area contributed by atoms with Gasteiger partial charge in [-0.2, -0.15) is 0 Å². The second-order valence-corrected chi connectivity index (χ2v) is 6.80. The first-order valence-corrected chi connectivity index (χ1v) is 8.40. The molecule has 2 aliphatic rings. The molecule has 0 bridgehead atoms. The first-order chi connectivity index (χ1) is 12.1. The van der Waals surface area contributed by atoms with Gasteiger partial charge in [0, 0.05) is 24.7 Å². The summed E-state index contributed by atoms with van der Waals surface area (Å²) < 4.78 is 5.27. The first kappa shape index (κ1) is 15.7. The molecule has 0 spiro atoms. The molecule has 1 aliphatic carbocycles. The van der Waals surface area contributed by atoms with Crippen molar-refractivity contribution in [1.29, 1.82) is 0 Å². The fourth-order valence-corrected chi connectivity index (χ4v) is 4.05. The lowest BCUT2D eigenvalue weighted by atomic mass is 9.81. The van der Waals surface area contributed by atoms with Crippen LogP contribution >= 0.6 is 0 Å². The topological polar surface area (TPSA) is 95.7 Å². The predicted octanol–water partition coefficient (Wildman–Crippen LogP) is 3.06. The Kier molecular flexibility index (Phi) is 3.71. The van der Waals surface area contributed by atoms with E-state index in [0.717, 1.165) is 18.4 Å². The molecule has 7 nitrogen and oxygen atoms in total. The zero-order valence-corrected chi connectivity index (χ0v) is 13.6. The van der Waals surface area contributed by atoms with Crippen molar-refractivity contribution >= 4 is 17.8 Å². The highest BCUT2D eigenvalue weighted by Crippen LogP contribution is 2.48. The van der Waals surface area contributed by atoms with Crippen LogP contribution in [0.2, 0.25) is 0 Å². The summed E-state index contributed by atoms with van der Waals surface area (Å²) in [5.74, 6) is 0.132. The molecule has 0 unspecified atom stereocenters. The van der Waals surface area contributed by atoms with Crippen LogP contribution in [0.15, 0.2) is 40.9 Å². The molecule has 2 N–H and O–H groups in total. The van der Waals surface area contributed by atoms with Gasteiger partial charge in [0.05, 0.1) is 5.41 Å². The number of rotatable bonds is 3. The summed E-state index contributed by atoms with van der Waals surface area (Å²) in [7, 11) is 0. The van der Waals surface area contributed by atoms with E-state index in [1.807, 2.05) is 30.3 Å². The number of nitrogens with zero attached hydrogens (tertiary/aromatic N) is 2. The van der Waals surface area contributed by atoms with Gasteiger partial charge in [0.15, 0.2) is 11.6 Å². The number of nitrogens with one attached hydrogen (secondary N) is 1. The number of hydrogen-bond donors (Lipinski definition) is 2. The van der Waals surface area contributed by atoms with Gasteiger partial charge >= 0.3 is 12.0 Å². The van der Waals surface area contributed by atoms with Crippen LogP contribution in [0.5, 0.6) is 0 Å². The number of aliphatic carboxylic acids is 1. The summed E-state index contributed by atoms with van der Waals surface area (Å²) >= 11 is 0. The summed E-state index contributed by atoms with van der Waals surface area (Å²) in [6.07, 6.45) is 2.41. The number of benzene rings is 1. The molecule has 2 amide bonds. The zero-order chi connectivity index (χ0) is 17.4. The third-order valence-electron chi connectivity index (χ3n) is 5.39. The lowest BCUT2D eigenvalue weighted by molar-refractivity contribution is -0.149. The Morgan fingerprint density at radius 1 is 1.32 bits per heavy atom. The van der Waals surface area contributed by atoms with Gasteiger partial charge in [0.25, 0.3) is 0 Å². The molecule has 2 fully saturated rings. The summed E-state index contributed by atoms with van der Waals surface area (Å²) in [6, 6.07) is 10.8. The molecule has 0 radical (unpaired) electrons. The SMILES string of the molecule is O=C(Nc1cc(-c2ccccc2)on1)N1C[C@@H]2CCC[C@@]2(C(=O)O)C1. The second-order valence-electron chi connectivity index (χ2n) is 6.80. The summed E-state index contributed by atoms with van der Waals surface area (Å²) in [5.41, 5.74) is 0.0899. The van der Waals surface area contributed by atoms with Crippen molar-refractivity contribution in [3.63, 3.8) is 0 Å². The number of urea groups is 1. The molecular formula is C18H19N3O4. The Labute approximate surface area is 144 Å². The smallest absolute Gasteiger partial charge is 0.323 e. The van der Waals surface area contributed by atoms with Crippen molar-refractivity contribution in [3.8, 4) is 11.3 Å². The monoisotopic (exact) mass is 341 g/mol. The van der Waals surface area contributed by atoms with Crippen LogP contribution in [0, 0.1) is 11.3 Å². The first-order valence-electron chi connectivity index (χ1n) is 8.40. The molecule has 1 aromatic carbocycles. The minimum atomic E-state index is -0.793. The maximum Gasteiger partial charge on any atom is 0.323 e. The predicted molar refractivity (Wildman–Crippen MR) is 89.9 cm³/mol. The summed E-state index contributed by atoms with van der Waals surface area (Å²) in [5, 5.41) is 16.2. The maximum absolute atomic E-state index is 12.5. The third-order valence-corrected chi connectivity index (χ3v) is 5.39. The van der Waals surface area contributed by atoms with E-state index in [-0.39, 0.29) is 18.5 Å². The molecule has 1 saturated heterocycles. The lowest BCUT2D eigenvalue weighted by Gasteiger charge is -2.23. The van der Waals surface area contributed by atoms with Crippen molar-refractivity contribution in [2.24, 2.45) is 11.3 Å². The van der Waals surface area contributed by atoms with Gasteiger partial charge in [-0.05, 0) is 18.8 Å². The third kappa shape index (κ3) is 2.65. The molecule has 25 heavy (non-hydrogen) atoms. The van der Waals surface area contributed by atoms with Crippen LogP contribution in [0.3, 0.4) is 0 Å². The normalized spacial score (nSPS) is 25.0. The molecule has 1 saturated carbocycles. The number of carbonyl (C=O) groups is 2. The highest BCUT2D eigenvalue weighted by atomic mass is 16.5. The number of hydrogen-bond acceptors (Lipinski definition) is 4. The molecule has 2 heterocycles. The van der Waals surface area contributed by atoms with E-state index in [1.165, 1.54) is 0 Å². The van der Waals surface area contributed by atoms with Crippen LogP contribution in [-0.4, -0.2) is 40.3 Å². The van der Waals surface area contributed by atoms with Crippen molar-refractivity contribution in [2.45, 2.75) is 19.3 Å². The molecule has 1 aromatic heterocycles. The number of anilines is 1. The summed E-state index contributed by atoms with van der Waals surface area (Å²) in [6.45, 7) is 0.726. The van der Waals surface area contributed by atoms with Crippen LogP contribution in [0.1, 0.15) is 19.3 Å². The van der Waals surface area contributed by atoms with Gasteiger partial charge in [-0.3, -0.25) is 10.1 Å². The lowest BCUT2D eigenvalue weighted by Crippen LogP contribution is -2.38. The molecular weight excluding hydrogens is 322 g/mol. The second kappa shape index (κ2) is 5.91. The van der Waals surface area contributed by atoms with E-state index in [2.05, 4.69) is 10.5 Å². The number of likely N-dealkylation sites (tertiary alicyclic amines) is 1. The van der Waals surface area contributed by atoms with Crippen LogP contribution in [-0.2, 0) is 4.79 Å². The van der Waals surface area contributed by atoms with Gasteiger partial charge in [0.2, 0.25) is 0 Å². The van der Waals surface area contributed by atoms with Crippen molar-refractivity contribution < 1.29 is 19.2 Å². The minimum Gasteiger partial charge on any atom is -0.481 e. The Balaban J connectivity index is 1.45. The molecule has 2 atom stereocenters. The van der Waals surface area contributed by atoms with Gasteiger partial charge < -0.3 is 14.5 Å². The van der Waals surface area contributed by atoms with E-state index in [1.54, 1.807) is 11.0 Å². The number of carboxylic acid groups (broad SMARTS) is 1. The standard InChI is InChI=1S/C18H19N3O4/c22-16(23)18-8-4-7-13(18)10-21(11-18)17(24)19-15-9-14(25-20-15)12-5-2-1-3-6-12/h1-3,5-6,9,13H,4,7-8,10-11H2,(H,22,23)(H,19,20,24)/t13-,18+/m0/s1. The highest BCUT2D eigenvalue weighted by Gasteiger charge is 2.55. The van der Waals surface area contributed by atoms with Gasteiger partial charge in [-0.1, -0.05) is 41.9 Å². The summed E-state index contributed by atoms with van der Waals surface area (Å²) in [4.78, 5) is 25.8. The maximum atomic E-state index is 12.5. The van der Waals surface area contributed by atoms with Crippen LogP contribution < -0.4 is 5.32 Å². The highest BCUT2D eigenvalue weighted by molar-refractivity contribution is 5.90. The average molecular weight is 341 g/mol. The Morgan fingerprint density at radius 2 is 2.12 bits per heavy atom. The van der Waals surface area contributed by atoms with E-state index < -0.39 is 11.4 Å². The number of amides is 2. The molecule has 1 aliphatic heterocycles. The number of fused-ring (bicyclic) bond motifs is 1. The van der Waals surface area contributed by atoms with Crippen molar-refractivity contribution in [2.75, 3.05) is 18.4 Å². The van der Waals surface area contributed by atoms with Crippen molar-refractivity contribution in [3.05, 3.63) is 36.4 Å². The number of aromatic nitrogens is 1. The van der Waals surface area contributed by atoms with E-state index in [4.69, 9.17) is 4.52 Å². The Morgan fingerprint density at radius 3 is 2.84 bits per heavy atom. The minimum absolute atomic E-state index is 0.0351. The Bertz CT molecular complexity index is 804. The van der Waals surface area contributed by atoms with Gasteiger partial charge in [-0.15, -0.1) is 0 Å². The molecule has 7 heteroatoms. The average Bonchev–Trinajstić information content (AvgIpc) is 3.29. The Hall–Kier alpha value is -2.83. The number of carboxylic acids is 1. The fraction of sp³-hybridized carbons (Fsp3) is 0.389. The van der Waals surface area contributed by atoms with E-state index in [0.29, 0.717) is 24.5 Å². The zero-order valence-electron chi connectivity index (χ0n) is 13.6. The largest absolute Gasteiger partial charge is 0.481 e. The molecule has 2 aromatic rings.